The third kappa shape index (κ3) is 3.67. The van der Waals surface area contributed by atoms with Gasteiger partial charge in [-0.2, -0.15) is 0 Å². The number of esters is 3. The van der Waals surface area contributed by atoms with Crippen molar-refractivity contribution in [3.63, 3.8) is 0 Å². The summed E-state index contributed by atoms with van der Waals surface area (Å²) in [4.78, 5) is 35.9. The summed E-state index contributed by atoms with van der Waals surface area (Å²) in [6, 6.07) is 0. The van der Waals surface area contributed by atoms with Gasteiger partial charge in [0.05, 0.1) is 11.5 Å². The molecule has 7 heteroatoms. The average Bonchev–Trinajstić information content (AvgIpc) is 3.16. The molecule has 29 heavy (non-hydrogen) atoms. The fraction of sp³-hybridized carbons (Fsp3) is 0.500. The lowest BCUT2D eigenvalue weighted by molar-refractivity contribution is -0.151. The molecule has 0 amide bonds. The summed E-state index contributed by atoms with van der Waals surface area (Å²) in [5, 5.41) is 11.1. The zero-order chi connectivity index (χ0) is 21.5. The molecule has 0 spiro atoms. The van der Waals surface area contributed by atoms with E-state index in [9.17, 15) is 19.5 Å². The van der Waals surface area contributed by atoms with E-state index in [1.54, 1.807) is 6.92 Å². The van der Waals surface area contributed by atoms with Crippen LogP contribution >= 0.6 is 0 Å². The Morgan fingerprint density at radius 3 is 2.66 bits per heavy atom. The third-order valence-electron chi connectivity index (χ3n) is 6.06. The second-order valence-corrected chi connectivity index (χ2v) is 7.72. The summed E-state index contributed by atoms with van der Waals surface area (Å²) >= 11 is 0. The third-order valence-corrected chi connectivity index (χ3v) is 6.06. The molecule has 1 aliphatic heterocycles. The predicted octanol–water partition coefficient (Wildman–Crippen LogP) is 2.02. The topological polar surface area (TPSA) is 99.1 Å². The Hall–Kier alpha value is -2.67. The smallest absolute Gasteiger partial charge is 0.337 e. The van der Waals surface area contributed by atoms with Gasteiger partial charge in [0.1, 0.15) is 24.9 Å². The molecule has 0 bridgehead atoms. The Morgan fingerprint density at radius 2 is 2.03 bits per heavy atom. The molecule has 1 heterocycles. The van der Waals surface area contributed by atoms with Crippen molar-refractivity contribution < 1.29 is 33.7 Å². The second kappa shape index (κ2) is 7.99. The van der Waals surface area contributed by atoms with Gasteiger partial charge >= 0.3 is 17.9 Å². The van der Waals surface area contributed by atoms with Crippen LogP contribution in [0.2, 0.25) is 0 Å². The number of carbonyl (C=O) groups is 3. The van der Waals surface area contributed by atoms with E-state index in [2.05, 4.69) is 19.2 Å². The minimum atomic E-state index is -1.22. The van der Waals surface area contributed by atoms with Crippen molar-refractivity contribution in [1.82, 2.24) is 0 Å². The Morgan fingerprint density at radius 1 is 1.34 bits per heavy atom. The number of hydrogen-bond acceptors (Lipinski definition) is 7. The SMILES string of the molecule is C=C1C(=O)O[C@@H]2[C@H]3C(C)=CC[C@H]3C(=C)[C@@H](OC(=O)/C(=C/C)COC(C)=O)[C@@H](O)[C@H]12. The minimum Gasteiger partial charge on any atom is -0.461 e. The summed E-state index contributed by atoms with van der Waals surface area (Å²) in [7, 11) is 0. The number of allylic oxidation sites excluding steroid dienone is 2. The maximum absolute atomic E-state index is 12.7. The number of ether oxygens (including phenoxy) is 3. The highest BCUT2D eigenvalue weighted by Crippen LogP contribution is 2.51. The lowest BCUT2D eigenvalue weighted by atomic mass is 9.80. The average molecular weight is 402 g/mol. The molecular weight excluding hydrogens is 376 g/mol. The van der Waals surface area contributed by atoms with E-state index in [4.69, 9.17) is 14.2 Å². The molecule has 156 valence electrons. The molecule has 3 aliphatic rings. The Balaban J connectivity index is 1.89. The molecule has 1 N–H and O–H groups in total. The number of fused-ring (bicyclic) bond motifs is 3. The van der Waals surface area contributed by atoms with E-state index in [-0.39, 0.29) is 29.6 Å². The first kappa shape index (κ1) is 21.0. The molecule has 7 nitrogen and oxygen atoms in total. The number of carbonyl (C=O) groups excluding carboxylic acids is 3. The standard InChI is InChI=1S/C22H26O7/c1-6-14(9-27-13(5)23)22(26)28-19-11(3)15-8-7-10(2)16(15)20-17(18(19)24)12(4)21(25)29-20/h6-7,15-20,24H,3-4,8-9H2,1-2,5H3/b14-6+/t15-,16-,17-,18-,19+,20+/m0/s1. The van der Waals surface area contributed by atoms with Crippen molar-refractivity contribution in [2.24, 2.45) is 17.8 Å². The van der Waals surface area contributed by atoms with Crippen LogP contribution in [0, 0.1) is 17.8 Å². The van der Waals surface area contributed by atoms with Crippen molar-refractivity contribution in [1.29, 1.82) is 0 Å². The molecule has 0 aromatic carbocycles. The first-order valence-electron chi connectivity index (χ1n) is 9.60. The van der Waals surface area contributed by atoms with Crippen LogP contribution in [0.15, 0.2) is 47.6 Å². The quantitative estimate of drug-likeness (QED) is 0.332. The van der Waals surface area contributed by atoms with Gasteiger partial charge in [0.25, 0.3) is 0 Å². The van der Waals surface area contributed by atoms with Gasteiger partial charge in [-0.05, 0) is 31.8 Å². The van der Waals surface area contributed by atoms with Crippen molar-refractivity contribution in [2.75, 3.05) is 6.61 Å². The summed E-state index contributed by atoms with van der Waals surface area (Å²) in [6.07, 6.45) is 1.37. The van der Waals surface area contributed by atoms with Crippen molar-refractivity contribution >= 4 is 17.9 Å². The van der Waals surface area contributed by atoms with Gasteiger partial charge in [-0.3, -0.25) is 4.79 Å². The van der Waals surface area contributed by atoms with E-state index >= 15 is 0 Å². The molecule has 1 saturated heterocycles. The molecule has 0 aromatic rings. The normalized spacial score (nSPS) is 34.0. The van der Waals surface area contributed by atoms with Crippen molar-refractivity contribution in [3.8, 4) is 0 Å². The van der Waals surface area contributed by atoms with Crippen LogP contribution in [0.25, 0.3) is 0 Å². The minimum absolute atomic E-state index is 0.126. The maximum Gasteiger partial charge on any atom is 0.337 e. The van der Waals surface area contributed by atoms with E-state index < -0.39 is 42.1 Å². The Bertz CT molecular complexity index is 834. The highest BCUT2D eigenvalue weighted by atomic mass is 16.6. The van der Waals surface area contributed by atoms with Crippen LogP contribution in [-0.4, -0.2) is 47.9 Å². The molecule has 0 unspecified atom stereocenters. The number of aliphatic hydroxyl groups is 1. The van der Waals surface area contributed by atoms with Crippen molar-refractivity contribution in [3.05, 3.63) is 47.6 Å². The number of aliphatic hydroxyl groups excluding tert-OH is 1. The largest absolute Gasteiger partial charge is 0.461 e. The zero-order valence-electron chi connectivity index (χ0n) is 16.8. The molecule has 0 aromatic heterocycles. The molecule has 2 aliphatic carbocycles. The Kier molecular flexibility index (Phi) is 5.80. The zero-order valence-corrected chi connectivity index (χ0v) is 16.8. The van der Waals surface area contributed by atoms with Gasteiger partial charge in [-0.1, -0.05) is 30.9 Å². The number of hydrogen-bond donors (Lipinski definition) is 1. The highest BCUT2D eigenvalue weighted by molar-refractivity contribution is 5.91. The Labute approximate surface area is 169 Å². The first-order valence-corrected chi connectivity index (χ1v) is 9.60. The van der Waals surface area contributed by atoms with Gasteiger partial charge in [-0.15, -0.1) is 0 Å². The van der Waals surface area contributed by atoms with E-state index in [1.165, 1.54) is 13.0 Å². The molecular formula is C22H26O7. The van der Waals surface area contributed by atoms with Gasteiger partial charge in [0.15, 0.2) is 0 Å². The fourth-order valence-electron chi connectivity index (χ4n) is 4.48. The van der Waals surface area contributed by atoms with Crippen LogP contribution in [0.3, 0.4) is 0 Å². The lowest BCUT2D eigenvalue weighted by Crippen LogP contribution is -2.40. The second-order valence-electron chi connectivity index (χ2n) is 7.72. The maximum atomic E-state index is 12.7. The highest BCUT2D eigenvalue weighted by Gasteiger charge is 2.56. The van der Waals surface area contributed by atoms with Crippen LogP contribution in [-0.2, 0) is 28.6 Å². The monoisotopic (exact) mass is 402 g/mol. The van der Waals surface area contributed by atoms with Gasteiger partial charge in [0.2, 0.25) is 0 Å². The van der Waals surface area contributed by atoms with Crippen molar-refractivity contribution in [2.45, 2.75) is 45.5 Å². The van der Waals surface area contributed by atoms with Crippen LogP contribution < -0.4 is 0 Å². The van der Waals surface area contributed by atoms with E-state index in [0.29, 0.717) is 12.0 Å². The molecule has 3 rings (SSSR count). The molecule has 6 atom stereocenters. The summed E-state index contributed by atoms with van der Waals surface area (Å²) in [5.41, 5.74) is 1.95. The number of rotatable bonds is 4. The lowest BCUT2D eigenvalue weighted by Gasteiger charge is -2.28. The van der Waals surface area contributed by atoms with Crippen LogP contribution in [0.1, 0.15) is 27.2 Å². The van der Waals surface area contributed by atoms with Crippen LogP contribution in [0.5, 0.6) is 0 Å². The fourth-order valence-corrected chi connectivity index (χ4v) is 4.48. The molecule has 1 saturated carbocycles. The predicted molar refractivity (Wildman–Crippen MR) is 103 cm³/mol. The summed E-state index contributed by atoms with van der Waals surface area (Å²) in [5.74, 6) is -2.75. The summed E-state index contributed by atoms with van der Waals surface area (Å²) < 4.78 is 16.1. The van der Waals surface area contributed by atoms with Gasteiger partial charge in [0, 0.05) is 18.4 Å². The van der Waals surface area contributed by atoms with Gasteiger partial charge < -0.3 is 19.3 Å². The molecule has 0 radical (unpaired) electrons. The van der Waals surface area contributed by atoms with Gasteiger partial charge in [-0.25, -0.2) is 9.59 Å². The summed E-state index contributed by atoms with van der Waals surface area (Å²) in [6.45, 7) is 12.5. The van der Waals surface area contributed by atoms with E-state index in [1.807, 2.05) is 6.92 Å². The molecule has 2 fully saturated rings. The van der Waals surface area contributed by atoms with Crippen LogP contribution in [0.4, 0.5) is 0 Å². The van der Waals surface area contributed by atoms with E-state index in [0.717, 1.165) is 5.57 Å². The first-order chi connectivity index (χ1) is 13.7.